The summed E-state index contributed by atoms with van der Waals surface area (Å²) in [6.45, 7) is 3.17. The number of anilines is 1. The van der Waals surface area contributed by atoms with Crippen LogP contribution in [0.4, 0.5) is 5.69 Å². The molecule has 0 saturated carbocycles. The van der Waals surface area contributed by atoms with Crippen LogP contribution in [0.5, 0.6) is 0 Å². The summed E-state index contributed by atoms with van der Waals surface area (Å²) in [5.41, 5.74) is 7.06. The van der Waals surface area contributed by atoms with Gasteiger partial charge in [-0.3, -0.25) is 15.6 Å². The lowest BCUT2D eigenvalue weighted by molar-refractivity contribution is -0.146. The lowest BCUT2D eigenvalue weighted by atomic mass is 10.2. The van der Waals surface area contributed by atoms with Crippen LogP contribution in [0, 0.1) is 6.92 Å². The molecule has 1 atom stereocenters. The summed E-state index contributed by atoms with van der Waals surface area (Å²) in [6, 6.07) is 5.45. The summed E-state index contributed by atoms with van der Waals surface area (Å²) < 4.78 is 10.4. The fourth-order valence-electron chi connectivity index (χ4n) is 1.52. The number of carbonyl (C=O) groups is 1. The lowest BCUT2D eigenvalue weighted by Gasteiger charge is -2.22. The van der Waals surface area contributed by atoms with Crippen LogP contribution >= 0.6 is 11.6 Å². The van der Waals surface area contributed by atoms with Gasteiger partial charge in [-0.1, -0.05) is 17.7 Å². The van der Waals surface area contributed by atoms with Crippen molar-refractivity contribution in [2.45, 2.75) is 13.0 Å². The molecule has 1 aromatic carbocycles. The molecule has 2 N–H and O–H groups in total. The van der Waals surface area contributed by atoms with E-state index in [1.165, 1.54) is 0 Å². The molecule has 0 aromatic heterocycles. The molecule has 1 aromatic rings. The van der Waals surface area contributed by atoms with Gasteiger partial charge in [-0.05, 0) is 24.6 Å². The molecule has 5 nitrogen and oxygen atoms in total. The molecule has 0 bridgehead atoms. The van der Waals surface area contributed by atoms with Crippen LogP contribution in [-0.4, -0.2) is 31.8 Å². The summed E-state index contributed by atoms with van der Waals surface area (Å²) in [6.07, 6.45) is -0.563. The molecule has 1 saturated heterocycles. The van der Waals surface area contributed by atoms with Gasteiger partial charge in [-0.2, -0.15) is 0 Å². The van der Waals surface area contributed by atoms with Crippen molar-refractivity contribution in [1.82, 2.24) is 5.43 Å². The van der Waals surface area contributed by atoms with Crippen molar-refractivity contribution in [3.63, 3.8) is 0 Å². The average molecular weight is 271 g/mol. The van der Waals surface area contributed by atoms with Gasteiger partial charge < -0.3 is 9.47 Å². The monoisotopic (exact) mass is 270 g/mol. The quantitative estimate of drug-likeness (QED) is 0.818. The van der Waals surface area contributed by atoms with E-state index in [1.54, 1.807) is 6.07 Å². The number of hydrazine groups is 1. The van der Waals surface area contributed by atoms with Crippen molar-refractivity contribution in [2.24, 2.45) is 0 Å². The van der Waals surface area contributed by atoms with Gasteiger partial charge in [0.2, 0.25) is 0 Å². The number of hydrogen-bond donors (Lipinski definition) is 2. The van der Waals surface area contributed by atoms with E-state index < -0.39 is 6.10 Å². The molecule has 1 fully saturated rings. The zero-order valence-electron chi connectivity index (χ0n) is 10.0. The lowest BCUT2D eigenvalue weighted by Crippen LogP contribution is -2.44. The molecule has 2 rings (SSSR count). The fraction of sp³-hybridized carbons (Fsp3) is 0.417. The molecule has 1 aliphatic heterocycles. The first-order chi connectivity index (χ1) is 8.66. The van der Waals surface area contributed by atoms with Gasteiger partial charge in [-0.15, -0.1) is 0 Å². The van der Waals surface area contributed by atoms with Crippen LogP contribution in [0.2, 0.25) is 5.02 Å². The number of carbonyl (C=O) groups excluding carboxylic acids is 1. The third-order valence-corrected chi connectivity index (χ3v) is 3.02. The van der Waals surface area contributed by atoms with Gasteiger partial charge in [-0.25, -0.2) is 0 Å². The molecule has 0 aliphatic carbocycles. The molecule has 1 amide bonds. The normalized spacial score (nSPS) is 19.3. The summed E-state index contributed by atoms with van der Waals surface area (Å²) in [5.74, 6) is -0.258. The Bertz CT molecular complexity index is 433. The molecule has 6 heteroatoms. The molecule has 0 unspecified atom stereocenters. The Kier molecular flexibility index (Phi) is 4.41. The first-order valence-electron chi connectivity index (χ1n) is 5.68. The summed E-state index contributed by atoms with van der Waals surface area (Å²) in [7, 11) is 0. The highest BCUT2D eigenvalue weighted by molar-refractivity contribution is 6.31. The SMILES string of the molecule is Cc1ccc(NNC(=O)[C@@H]2COCCO2)cc1Cl. The highest BCUT2D eigenvalue weighted by Crippen LogP contribution is 2.19. The molecule has 18 heavy (non-hydrogen) atoms. The predicted molar refractivity (Wildman–Crippen MR) is 68.5 cm³/mol. The van der Waals surface area contributed by atoms with E-state index in [4.69, 9.17) is 21.1 Å². The minimum atomic E-state index is -0.563. The van der Waals surface area contributed by atoms with Crippen molar-refractivity contribution < 1.29 is 14.3 Å². The first kappa shape index (κ1) is 13.1. The number of benzene rings is 1. The molecular weight excluding hydrogens is 256 g/mol. The van der Waals surface area contributed by atoms with Crippen LogP contribution < -0.4 is 10.9 Å². The minimum absolute atomic E-state index is 0.258. The van der Waals surface area contributed by atoms with Crippen molar-refractivity contribution in [1.29, 1.82) is 0 Å². The van der Waals surface area contributed by atoms with Gasteiger partial charge in [0.1, 0.15) is 0 Å². The number of amides is 1. The van der Waals surface area contributed by atoms with Crippen molar-refractivity contribution in [3.05, 3.63) is 28.8 Å². The maximum Gasteiger partial charge on any atom is 0.269 e. The van der Waals surface area contributed by atoms with E-state index in [1.807, 2.05) is 19.1 Å². The maximum absolute atomic E-state index is 11.7. The van der Waals surface area contributed by atoms with Crippen molar-refractivity contribution in [2.75, 3.05) is 25.2 Å². The van der Waals surface area contributed by atoms with E-state index >= 15 is 0 Å². The van der Waals surface area contributed by atoms with E-state index in [-0.39, 0.29) is 12.5 Å². The summed E-state index contributed by atoms with van der Waals surface area (Å²) in [5, 5.41) is 0.645. The van der Waals surface area contributed by atoms with Crippen molar-refractivity contribution >= 4 is 23.2 Å². The Hall–Kier alpha value is -1.30. The number of hydrogen-bond acceptors (Lipinski definition) is 4. The standard InChI is InChI=1S/C12H15ClN2O3/c1-8-2-3-9(6-10(8)13)14-15-12(16)11-7-17-4-5-18-11/h2-3,6,11,14H,4-5,7H2,1H3,(H,15,16)/t11-/m0/s1. The number of halogens is 1. The smallest absolute Gasteiger partial charge is 0.269 e. The largest absolute Gasteiger partial charge is 0.376 e. The second-order valence-electron chi connectivity index (χ2n) is 4.01. The van der Waals surface area contributed by atoms with E-state index in [2.05, 4.69) is 10.9 Å². The van der Waals surface area contributed by atoms with Gasteiger partial charge in [0.15, 0.2) is 6.10 Å². The third-order valence-electron chi connectivity index (χ3n) is 2.61. The highest BCUT2D eigenvalue weighted by Gasteiger charge is 2.22. The topological polar surface area (TPSA) is 59.6 Å². The van der Waals surface area contributed by atoms with E-state index in [0.717, 1.165) is 11.3 Å². The molecule has 1 heterocycles. The van der Waals surface area contributed by atoms with E-state index in [9.17, 15) is 4.79 Å². The van der Waals surface area contributed by atoms with Crippen LogP contribution in [0.25, 0.3) is 0 Å². The molecule has 0 spiro atoms. The van der Waals surface area contributed by atoms with Crippen LogP contribution in [0.3, 0.4) is 0 Å². The third kappa shape index (κ3) is 3.35. The Labute approximate surface area is 110 Å². The maximum atomic E-state index is 11.7. The van der Waals surface area contributed by atoms with Crippen LogP contribution in [0.15, 0.2) is 18.2 Å². The van der Waals surface area contributed by atoms with Gasteiger partial charge >= 0.3 is 0 Å². The molecule has 1 aliphatic rings. The first-order valence-corrected chi connectivity index (χ1v) is 6.06. The predicted octanol–water partition coefficient (Wildman–Crippen LogP) is 1.51. The van der Waals surface area contributed by atoms with Gasteiger partial charge in [0.25, 0.3) is 5.91 Å². The highest BCUT2D eigenvalue weighted by atomic mass is 35.5. The Morgan fingerprint density at radius 3 is 2.94 bits per heavy atom. The number of aryl methyl sites for hydroxylation is 1. The second-order valence-corrected chi connectivity index (χ2v) is 4.42. The van der Waals surface area contributed by atoms with E-state index in [0.29, 0.717) is 18.2 Å². The Balaban J connectivity index is 1.86. The zero-order valence-corrected chi connectivity index (χ0v) is 10.8. The average Bonchev–Trinajstić information content (AvgIpc) is 2.41. The van der Waals surface area contributed by atoms with Gasteiger partial charge in [0, 0.05) is 5.02 Å². The van der Waals surface area contributed by atoms with Crippen LogP contribution in [-0.2, 0) is 14.3 Å². The minimum Gasteiger partial charge on any atom is -0.376 e. The second kappa shape index (κ2) is 6.04. The Morgan fingerprint density at radius 2 is 2.28 bits per heavy atom. The molecular formula is C12H15ClN2O3. The summed E-state index contributed by atoms with van der Waals surface area (Å²) in [4.78, 5) is 11.7. The zero-order chi connectivity index (χ0) is 13.0. The molecule has 0 radical (unpaired) electrons. The van der Waals surface area contributed by atoms with Gasteiger partial charge in [0.05, 0.1) is 25.5 Å². The number of nitrogens with one attached hydrogen (secondary N) is 2. The number of rotatable bonds is 3. The summed E-state index contributed by atoms with van der Waals surface area (Å²) >= 11 is 5.98. The Morgan fingerprint density at radius 1 is 1.44 bits per heavy atom. The fourth-order valence-corrected chi connectivity index (χ4v) is 1.70. The van der Waals surface area contributed by atoms with Crippen molar-refractivity contribution in [3.8, 4) is 0 Å². The molecule has 98 valence electrons. The number of ether oxygens (including phenoxy) is 2. The van der Waals surface area contributed by atoms with Crippen LogP contribution in [0.1, 0.15) is 5.56 Å².